The zero-order valence-corrected chi connectivity index (χ0v) is 15.3. The highest BCUT2D eigenvalue weighted by molar-refractivity contribution is 5.72. The zero-order chi connectivity index (χ0) is 18.7. The molecule has 0 bridgehead atoms. The van der Waals surface area contributed by atoms with Crippen LogP contribution in [-0.2, 0) is 9.53 Å². The minimum atomic E-state index is -0.984. The summed E-state index contributed by atoms with van der Waals surface area (Å²) in [6.07, 6.45) is -0.825. The summed E-state index contributed by atoms with van der Waals surface area (Å²) < 4.78 is 5.25. The minimum Gasteiger partial charge on any atom is -0.481 e. The molecule has 4 N–H and O–H groups in total. The second-order valence-corrected chi connectivity index (χ2v) is 7.15. The number of ether oxygens (including phenoxy) is 1. The maximum absolute atomic E-state index is 12.1. The smallest absolute Gasteiger partial charge is 0.407 e. The first-order chi connectivity index (χ1) is 10.9. The molecule has 0 aliphatic carbocycles. The first kappa shape index (κ1) is 19.8. The van der Waals surface area contributed by atoms with Gasteiger partial charge in [-0.15, -0.1) is 0 Å². The molecule has 0 heterocycles. The Bertz CT molecular complexity index is 620. The fraction of sp³-hybridized carbons (Fsp3) is 0.556. The summed E-state index contributed by atoms with van der Waals surface area (Å²) in [4.78, 5) is 23.3. The number of carbonyl (C=O) groups is 2. The summed E-state index contributed by atoms with van der Waals surface area (Å²) in [5.41, 5.74) is 8.86. The van der Waals surface area contributed by atoms with Gasteiger partial charge in [-0.3, -0.25) is 4.79 Å². The Morgan fingerprint density at radius 2 is 1.88 bits per heavy atom. The van der Waals surface area contributed by atoms with Crippen LogP contribution in [0.15, 0.2) is 12.1 Å². The molecule has 0 saturated heterocycles. The fourth-order valence-electron chi connectivity index (χ4n) is 2.78. The molecule has 0 radical (unpaired) electrons. The predicted octanol–water partition coefficient (Wildman–Crippen LogP) is 3.36. The van der Waals surface area contributed by atoms with Gasteiger partial charge in [0.2, 0.25) is 0 Å². The van der Waals surface area contributed by atoms with E-state index in [1.165, 1.54) is 0 Å². The number of carboxylic acids is 1. The minimum absolute atomic E-state index is 0.200. The number of aliphatic carboxylic acids is 1. The number of benzene rings is 1. The summed E-state index contributed by atoms with van der Waals surface area (Å²) in [6, 6.07) is 3.13. The summed E-state index contributed by atoms with van der Waals surface area (Å²) in [5.74, 6) is -1.21. The van der Waals surface area contributed by atoms with Crippen LogP contribution in [0.5, 0.6) is 0 Å². The molecule has 0 saturated carbocycles. The van der Waals surface area contributed by atoms with E-state index in [2.05, 4.69) is 5.32 Å². The highest BCUT2D eigenvalue weighted by Gasteiger charge is 2.28. The van der Waals surface area contributed by atoms with Crippen LogP contribution in [0.1, 0.15) is 56.7 Å². The lowest BCUT2D eigenvalue weighted by molar-refractivity contribution is -0.137. The first-order valence-corrected chi connectivity index (χ1v) is 7.99. The molecule has 0 aliphatic rings. The van der Waals surface area contributed by atoms with Crippen LogP contribution >= 0.6 is 0 Å². The molecule has 1 amide bonds. The first-order valence-electron chi connectivity index (χ1n) is 7.99. The predicted molar refractivity (Wildman–Crippen MR) is 94.2 cm³/mol. The standard InChI is InChI=1S/C18H28N2O4/c1-10-7-8-13(19)11(2)16(10)12(3)14(9-15(21)22)20-17(23)24-18(4,5)6/h7-8,12,14H,9,19H2,1-6H3,(H,20,23)(H,21,22)/t12?,14-/m0/s1. The Balaban J connectivity index is 3.10. The summed E-state index contributed by atoms with van der Waals surface area (Å²) in [6.45, 7) is 11.0. The van der Waals surface area contributed by atoms with Crippen LogP contribution in [0.4, 0.5) is 10.5 Å². The van der Waals surface area contributed by atoms with E-state index in [0.29, 0.717) is 5.69 Å². The van der Waals surface area contributed by atoms with Crippen LogP contribution in [0.25, 0.3) is 0 Å². The van der Waals surface area contributed by atoms with Crippen molar-refractivity contribution >= 4 is 17.7 Å². The third-order valence-electron chi connectivity index (χ3n) is 3.93. The number of carbonyl (C=O) groups excluding carboxylic acids is 1. The zero-order valence-electron chi connectivity index (χ0n) is 15.3. The van der Waals surface area contributed by atoms with E-state index >= 15 is 0 Å². The third kappa shape index (κ3) is 5.44. The highest BCUT2D eigenvalue weighted by atomic mass is 16.6. The largest absolute Gasteiger partial charge is 0.481 e. The van der Waals surface area contributed by atoms with E-state index in [-0.39, 0.29) is 12.3 Å². The average Bonchev–Trinajstić information content (AvgIpc) is 2.40. The normalized spacial score (nSPS) is 13.9. The van der Waals surface area contributed by atoms with Crippen LogP contribution < -0.4 is 11.1 Å². The monoisotopic (exact) mass is 336 g/mol. The Morgan fingerprint density at radius 3 is 2.38 bits per heavy atom. The molecule has 0 spiro atoms. The molecule has 0 aliphatic heterocycles. The highest BCUT2D eigenvalue weighted by Crippen LogP contribution is 2.31. The number of nitrogen functional groups attached to an aromatic ring is 1. The molecule has 6 heteroatoms. The summed E-state index contributed by atoms with van der Waals surface area (Å²) in [5, 5.41) is 11.9. The molecular formula is C18H28N2O4. The molecule has 0 aromatic heterocycles. The lowest BCUT2D eigenvalue weighted by Crippen LogP contribution is -2.43. The molecule has 1 rings (SSSR count). The molecule has 134 valence electrons. The number of hydrogen-bond donors (Lipinski definition) is 3. The maximum Gasteiger partial charge on any atom is 0.407 e. The van der Waals surface area contributed by atoms with Gasteiger partial charge in [0.05, 0.1) is 6.42 Å². The van der Waals surface area contributed by atoms with Crippen molar-refractivity contribution in [3.8, 4) is 0 Å². The quantitative estimate of drug-likeness (QED) is 0.716. The third-order valence-corrected chi connectivity index (χ3v) is 3.93. The lowest BCUT2D eigenvalue weighted by atomic mass is 9.85. The van der Waals surface area contributed by atoms with Crippen LogP contribution in [0.2, 0.25) is 0 Å². The molecule has 1 aromatic carbocycles. The SMILES string of the molecule is Cc1ccc(N)c(C)c1C(C)[C@H](CC(=O)O)NC(=O)OC(C)(C)C. The Kier molecular flexibility index (Phi) is 6.23. The summed E-state index contributed by atoms with van der Waals surface area (Å²) >= 11 is 0. The van der Waals surface area contributed by atoms with E-state index in [0.717, 1.165) is 16.7 Å². The molecule has 1 unspecified atom stereocenters. The maximum atomic E-state index is 12.1. The topological polar surface area (TPSA) is 102 Å². The molecule has 2 atom stereocenters. The van der Waals surface area contributed by atoms with Gasteiger partial charge in [-0.2, -0.15) is 0 Å². The van der Waals surface area contributed by atoms with Gasteiger partial charge in [0, 0.05) is 17.6 Å². The number of rotatable bonds is 5. The Morgan fingerprint density at radius 1 is 1.29 bits per heavy atom. The second kappa shape index (κ2) is 7.55. The van der Waals surface area contributed by atoms with Gasteiger partial charge in [0.25, 0.3) is 0 Å². The van der Waals surface area contributed by atoms with Crippen molar-refractivity contribution in [1.29, 1.82) is 0 Å². The Labute approximate surface area is 143 Å². The number of alkyl carbamates (subject to hydrolysis) is 1. The number of anilines is 1. The number of carboxylic acid groups (broad SMARTS) is 1. The summed E-state index contributed by atoms with van der Waals surface area (Å²) in [7, 11) is 0. The average molecular weight is 336 g/mol. The van der Waals surface area contributed by atoms with Gasteiger partial charge in [0.15, 0.2) is 0 Å². The van der Waals surface area contributed by atoms with Crippen molar-refractivity contribution in [3.63, 3.8) is 0 Å². The van der Waals surface area contributed by atoms with Crippen molar-refractivity contribution in [1.82, 2.24) is 5.32 Å². The second-order valence-electron chi connectivity index (χ2n) is 7.15. The van der Waals surface area contributed by atoms with Gasteiger partial charge in [0.1, 0.15) is 5.60 Å². The van der Waals surface area contributed by atoms with E-state index in [9.17, 15) is 14.7 Å². The molecule has 1 aromatic rings. The van der Waals surface area contributed by atoms with Crippen molar-refractivity contribution in [2.24, 2.45) is 0 Å². The van der Waals surface area contributed by atoms with Crippen molar-refractivity contribution in [3.05, 3.63) is 28.8 Å². The van der Waals surface area contributed by atoms with Gasteiger partial charge in [-0.05, 0) is 57.4 Å². The number of hydrogen-bond acceptors (Lipinski definition) is 4. The molecule has 24 heavy (non-hydrogen) atoms. The van der Waals surface area contributed by atoms with Crippen molar-refractivity contribution < 1.29 is 19.4 Å². The van der Waals surface area contributed by atoms with E-state index in [1.54, 1.807) is 20.8 Å². The van der Waals surface area contributed by atoms with Gasteiger partial charge >= 0.3 is 12.1 Å². The van der Waals surface area contributed by atoms with E-state index in [4.69, 9.17) is 10.5 Å². The lowest BCUT2D eigenvalue weighted by Gasteiger charge is -2.29. The number of amides is 1. The van der Waals surface area contributed by atoms with Crippen molar-refractivity contribution in [2.75, 3.05) is 5.73 Å². The van der Waals surface area contributed by atoms with Crippen molar-refractivity contribution in [2.45, 2.75) is 65.5 Å². The Hall–Kier alpha value is -2.24. The van der Waals surface area contributed by atoms with Gasteiger partial charge < -0.3 is 20.9 Å². The van der Waals surface area contributed by atoms with Crippen LogP contribution in [0, 0.1) is 13.8 Å². The molecule has 0 fully saturated rings. The van der Waals surface area contributed by atoms with Gasteiger partial charge in [-0.25, -0.2) is 4.79 Å². The molecular weight excluding hydrogens is 308 g/mol. The van der Waals surface area contributed by atoms with E-state index < -0.39 is 23.7 Å². The number of aryl methyl sites for hydroxylation is 1. The number of nitrogens with two attached hydrogens (primary N) is 1. The fourth-order valence-corrected chi connectivity index (χ4v) is 2.78. The number of nitrogens with one attached hydrogen (secondary N) is 1. The molecule has 6 nitrogen and oxygen atoms in total. The van der Waals surface area contributed by atoms with Gasteiger partial charge in [-0.1, -0.05) is 13.0 Å². The van der Waals surface area contributed by atoms with E-state index in [1.807, 2.05) is 32.9 Å². The van der Waals surface area contributed by atoms with Crippen LogP contribution in [0.3, 0.4) is 0 Å². The van der Waals surface area contributed by atoms with Crippen LogP contribution in [-0.4, -0.2) is 28.8 Å².